The Hall–Kier alpha value is -2.63. The van der Waals surface area contributed by atoms with Crippen molar-refractivity contribution in [3.8, 4) is 11.1 Å². The first-order chi connectivity index (χ1) is 20.3. The standard InChI is InChI=1S/C25H25.C9H10.C8H11.Zr/c1-14-12-24(3,4)22-8-16-7-17-9-23-19(15(2)13-25(23,5)6)11-21(17)20(16)10-18(14)22;1-2-6-9-7-4-3-5-8-9;1-6-4-7(2)8(3)5-6;/h7-13H,1-6H3;3-5,7-8H,2H2,1H3;4,6H,1-3H3;. The topological polar surface area (TPSA) is 0 Å². The van der Waals surface area contributed by atoms with Crippen LogP contribution < -0.4 is 0 Å². The van der Waals surface area contributed by atoms with Gasteiger partial charge in [0.25, 0.3) is 0 Å². The number of benzene rings is 3. The Kier molecular flexibility index (Phi) is 6.73. The van der Waals surface area contributed by atoms with Crippen LogP contribution >= 0.6 is 0 Å². The average molecular weight is 642 g/mol. The van der Waals surface area contributed by atoms with Crippen LogP contribution in [-0.2, 0) is 32.1 Å². The summed E-state index contributed by atoms with van der Waals surface area (Å²) in [5.74, 6) is 0.511. The Morgan fingerprint density at radius 2 is 1.21 bits per heavy atom. The molecular weight excluding hydrogens is 596 g/mol. The molecule has 0 bridgehead atoms. The Morgan fingerprint density at radius 1 is 0.698 bits per heavy atom. The maximum atomic E-state index is 2.68. The van der Waals surface area contributed by atoms with Gasteiger partial charge in [0.05, 0.1) is 0 Å². The molecule has 4 aliphatic carbocycles. The Bertz CT molecular complexity index is 1790. The molecule has 0 aliphatic heterocycles. The van der Waals surface area contributed by atoms with Gasteiger partial charge in [-0.05, 0) is 0 Å². The van der Waals surface area contributed by atoms with Gasteiger partial charge in [0, 0.05) is 0 Å². The Balaban J connectivity index is 1.61. The molecule has 1 unspecified atom stereocenters. The van der Waals surface area contributed by atoms with E-state index in [-0.39, 0.29) is 10.8 Å². The van der Waals surface area contributed by atoms with Crippen LogP contribution in [0.15, 0.2) is 87.3 Å². The first kappa shape index (κ1) is 29.1. The molecule has 0 fully saturated rings. The van der Waals surface area contributed by atoms with E-state index >= 15 is 0 Å². The molecule has 3 aromatic rings. The van der Waals surface area contributed by atoms with Crippen LogP contribution in [0.5, 0.6) is 0 Å². The van der Waals surface area contributed by atoms with Gasteiger partial charge in [-0.3, -0.25) is 0 Å². The van der Waals surface area contributed by atoms with E-state index in [0.29, 0.717) is 9.54 Å². The van der Waals surface area contributed by atoms with Gasteiger partial charge < -0.3 is 0 Å². The summed E-state index contributed by atoms with van der Waals surface area (Å²) < 4.78 is 4.05. The minimum absolute atomic E-state index is 0.0606. The van der Waals surface area contributed by atoms with Gasteiger partial charge in [0.2, 0.25) is 0 Å². The zero-order valence-corrected chi connectivity index (χ0v) is 30.2. The summed E-state index contributed by atoms with van der Waals surface area (Å²) in [5.41, 5.74) is 19.7. The van der Waals surface area contributed by atoms with Crippen molar-refractivity contribution in [2.45, 2.75) is 90.1 Å². The SMILES string of the molecule is CC[C](c1ccccc1)=[Zr]([C]1=C(C)C(C)=CC1C)[CH]1c2cc3c(cc2-c2cc4c(cc21)C(C)(C)C=C4C)C(C)=CC3(C)C. The molecule has 218 valence electrons. The number of hydrogen-bond donors (Lipinski definition) is 0. The maximum absolute atomic E-state index is 2.68. The average Bonchev–Trinajstić information content (AvgIpc) is 3.57. The summed E-state index contributed by atoms with van der Waals surface area (Å²) in [6.45, 7) is 23.9. The van der Waals surface area contributed by atoms with Gasteiger partial charge in [-0.1, -0.05) is 0 Å². The second-order valence-electron chi connectivity index (χ2n) is 14.8. The fourth-order valence-corrected chi connectivity index (χ4v) is 19.2. The van der Waals surface area contributed by atoms with E-state index in [1.807, 2.05) is 3.28 Å². The van der Waals surface area contributed by atoms with E-state index in [1.54, 1.807) is 19.9 Å². The van der Waals surface area contributed by atoms with Crippen molar-refractivity contribution in [2.75, 3.05) is 0 Å². The van der Waals surface area contributed by atoms with E-state index in [9.17, 15) is 0 Å². The van der Waals surface area contributed by atoms with Gasteiger partial charge in [0.1, 0.15) is 0 Å². The van der Waals surface area contributed by atoms with Crippen molar-refractivity contribution in [3.05, 3.63) is 126 Å². The minimum atomic E-state index is -2.63. The quantitative estimate of drug-likeness (QED) is 0.266. The monoisotopic (exact) mass is 640 g/mol. The molecule has 0 spiro atoms. The number of fused-ring (bicyclic) bond motifs is 5. The van der Waals surface area contributed by atoms with Crippen LogP contribution in [0.25, 0.3) is 22.3 Å². The van der Waals surface area contributed by atoms with Crippen molar-refractivity contribution in [2.24, 2.45) is 5.92 Å². The van der Waals surface area contributed by atoms with Crippen LogP contribution in [0.3, 0.4) is 0 Å². The molecule has 0 saturated heterocycles. The molecule has 7 rings (SSSR count). The summed E-state index contributed by atoms with van der Waals surface area (Å²) in [6, 6.07) is 22.0. The fraction of sp³-hybridized carbons (Fsp3) is 0.357. The first-order valence-electron chi connectivity index (χ1n) is 16.3. The van der Waals surface area contributed by atoms with Gasteiger partial charge in [-0.2, -0.15) is 0 Å². The normalized spacial score (nSPS) is 21.6. The van der Waals surface area contributed by atoms with Crippen LogP contribution in [0, 0.1) is 5.92 Å². The van der Waals surface area contributed by atoms with Gasteiger partial charge in [-0.15, -0.1) is 0 Å². The number of allylic oxidation sites excluding steroid dienone is 8. The van der Waals surface area contributed by atoms with E-state index in [1.165, 1.54) is 55.7 Å². The predicted molar refractivity (Wildman–Crippen MR) is 184 cm³/mol. The molecule has 3 aromatic carbocycles. The summed E-state index contributed by atoms with van der Waals surface area (Å²) in [5, 5.41) is 0. The van der Waals surface area contributed by atoms with E-state index in [2.05, 4.69) is 142 Å². The fourth-order valence-electron chi connectivity index (χ4n) is 9.03. The molecule has 1 heteroatoms. The summed E-state index contributed by atoms with van der Waals surface area (Å²) in [6.07, 6.45) is 8.66. The summed E-state index contributed by atoms with van der Waals surface area (Å²) in [4.78, 5) is 0. The van der Waals surface area contributed by atoms with Crippen molar-refractivity contribution >= 4 is 14.4 Å². The van der Waals surface area contributed by atoms with Crippen LogP contribution in [-0.4, -0.2) is 3.21 Å². The van der Waals surface area contributed by atoms with Crippen molar-refractivity contribution in [1.82, 2.24) is 0 Å². The molecule has 1 atom stereocenters. The summed E-state index contributed by atoms with van der Waals surface area (Å²) in [7, 11) is 0. The third kappa shape index (κ3) is 4.28. The Morgan fingerprint density at radius 3 is 1.65 bits per heavy atom. The molecule has 0 heterocycles. The molecule has 0 radical (unpaired) electrons. The number of rotatable bonds is 4. The zero-order valence-electron chi connectivity index (χ0n) is 27.8. The van der Waals surface area contributed by atoms with Gasteiger partial charge in [-0.25, -0.2) is 0 Å². The number of hydrogen-bond acceptors (Lipinski definition) is 0. The third-order valence-electron chi connectivity index (χ3n) is 11.0. The van der Waals surface area contributed by atoms with E-state index < -0.39 is 21.3 Å². The predicted octanol–water partition coefficient (Wildman–Crippen LogP) is 11.3. The second kappa shape index (κ2) is 9.94. The second-order valence-corrected chi connectivity index (χ2v) is 21.1. The van der Waals surface area contributed by atoms with Crippen LogP contribution in [0.2, 0.25) is 0 Å². The zero-order chi connectivity index (χ0) is 30.6. The molecule has 0 saturated carbocycles. The van der Waals surface area contributed by atoms with Gasteiger partial charge >= 0.3 is 269 Å². The van der Waals surface area contributed by atoms with Gasteiger partial charge in [0.15, 0.2) is 0 Å². The Labute approximate surface area is 267 Å². The van der Waals surface area contributed by atoms with Crippen LogP contribution in [0.4, 0.5) is 0 Å². The van der Waals surface area contributed by atoms with Crippen molar-refractivity contribution in [1.29, 1.82) is 0 Å². The first-order valence-corrected chi connectivity index (χ1v) is 20.2. The molecular formula is C42H46Zr. The van der Waals surface area contributed by atoms with Crippen molar-refractivity contribution < 1.29 is 21.3 Å². The molecule has 0 amide bonds. The van der Waals surface area contributed by atoms with Crippen LogP contribution in [0.1, 0.15) is 118 Å². The molecule has 0 aromatic heterocycles. The summed E-state index contributed by atoms with van der Waals surface area (Å²) >= 11 is -2.63. The third-order valence-corrected chi connectivity index (χ3v) is 20.6. The molecule has 0 N–H and O–H groups in total. The molecule has 43 heavy (non-hydrogen) atoms. The van der Waals surface area contributed by atoms with E-state index in [0.717, 1.165) is 6.42 Å². The molecule has 0 nitrogen and oxygen atoms in total. The molecule has 4 aliphatic rings. The van der Waals surface area contributed by atoms with Crippen molar-refractivity contribution in [3.63, 3.8) is 0 Å². The van der Waals surface area contributed by atoms with E-state index in [4.69, 9.17) is 0 Å².